The van der Waals surface area contributed by atoms with Crippen LogP contribution in [0.3, 0.4) is 0 Å². The van der Waals surface area contributed by atoms with E-state index in [1.54, 1.807) is 6.07 Å². The van der Waals surface area contributed by atoms with E-state index >= 15 is 0 Å². The van der Waals surface area contributed by atoms with Gasteiger partial charge in [-0.2, -0.15) is 0 Å². The highest BCUT2D eigenvalue weighted by molar-refractivity contribution is 5.88. The first-order valence-corrected chi connectivity index (χ1v) is 13.2. The van der Waals surface area contributed by atoms with Crippen LogP contribution >= 0.6 is 12.4 Å². The summed E-state index contributed by atoms with van der Waals surface area (Å²) in [6, 6.07) is 15.1. The van der Waals surface area contributed by atoms with Gasteiger partial charge >= 0.3 is 5.97 Å². The third kappa shape index (κ3) is 7.14. The number of aromatic amines is 1. The first-order valence-electron chi connectivity index (χ1n) is 13.2. The molecule has 1 saturated carbocycles. The second-order valence-electron chi connectivity index (χ2n) is 10.2. The Morgan fingerprint density at radius 1 is 1.03 bits per heavy atom. The Morgan fingerprint density at radius 2 is 1.73 bits per heavy atom. The molecule has 1 aromatic heterocycles. The van der Waals surface area contributed by atoms with Crippen LogP contribution in [-0.2, 0) is 9.53 Å². The minimum atomic E-state index is -0.492. The number of halogens is 1. The summed E-state index contributed by atoms with van der Waals surface area (Å²) in [6.07, 6.45) is 5.39. The maximum Gasteiger partial charge on any atom is 0.309 e. The lowest BCUT2D eigenvalue weighted by atomic mass is 9.89. The average molecular weight is 527 g/mol. The molecular weight excluding hydrogens is 488 g/mol. The number of aromatic nitrogens is 1. The fourth-order valence-electron chi connectivity index (χ4n) is 5.08. The lowest BCUT2D eigenvalue weighted by molar-refractivity contribution is -0.157. The van der Waals surface area contributed by atoms with Crippen LogP contribution in [0.15, 0.2) is 53.3 Å². The van der Waals surface area contributed by atoms with Gasteiger partial charge in [-0.15, -0.1) is 12.4 Å². The van der Waals surface area contributed by atoms with E-state index < -0.39 is 6.10 Å². The van der Waals surface area contributed by atoms with Crippen molar-refractivity contribution in [2.24, 2.45) is 5.92 Å². The number of hydrogen-bond acceptors (Lipinski definition) is 5. The number of hydrogen-bond donors (Lipinski definition) is 2. The van der Waals surface area contributed by atoms with Gasteiger partial charge < -0.3 is 19.8 Å². The molecule has 0 bridgehead atoms. The van der Waals surface area contributed by atoms with Crippen molar-refractivity contribution < 1.29 is 14.3 Å². The standard InChI is InChI=1S/C30H38N2O4.ClH/c1-5-25(31-19(2)3)29(36-30(34)21-9-7-6-8-10-21)24-15-17-26(28-23(24)16-18-27(33)32-28)35-22-13-11-20(4)12-14-22;/h11-19,21,25,29,31H,5-10H2,1-4H3,(H,32,33);1H. The Bertz CT molecular complexity index is 1230. The highest BCUT2D eigenvalue weighted by atomic mass is 35.5. The first-order chi connectivity index (χ1) is 17.4. The van der Waals surface area contributed by atoms with Crippen molar-refractivity contribution in [1.29, 1.82) is 0 Å². The van der Waals surface area contributed by atoms with Gasteiger partial charge in [-0.05, 0) is 50.5 Å². The Morgan fingerprint density at radius 3 is 2.38 bits per heavy atom. The number of ether oxygens (including phenoxy) is 2. The summed E-state index contributed by atoms with van der Waals surface area (Å²) in [6.45, 7) is 8.31. The monoisotopic (exact) mass is 526 g/mol. The van der Waals surface area contributed by atoms with Gasteiger partial charge in [-0.1, -0.05) is 63.8 Å². The smallest absolute Gasteiger partial charge is 0.309 e. The first kappa shape index (κ1) is 28.7. The largest absolute Gasteiger partial charge is 0.456 e. The number of benzene rings is 2. The molecule has 1 aliphatic rings. The molecule has 4 rings (SSSR count). The molecule has 0 aliphatic heterocycles. The minimum Gasteiger partial charge on any atom is -0.456 e. The van der Waals surface area contributed by atoms with Crippen molar-refractivity contribution >= 4 is 29.3 Å². The predicted octanol–water partition coefficient (Wildman–Crippen LogP) is 6.99. The van der Waals surface area contributed by atoms with E-state index in [-0.39, 0.29) is 41.9 Å². The Kier molecular flexibility index (Phi) is 10.2. The molecule has 2 N–H and O–H groups in total. The molecule has 37 heavy (non-hydrogen) atoms. The van der Waals surface area contributed by atoms with Crippen LogP contribution in [0, 0.1) is 12.8 Å². The molecular formula is C30H39ClN2O4. The van der Waals surface area contributed by atoms with E-state index in [9.17, 15) is 9.59 Å². The Balaban J connectivity index is 0.00000380. The van der Waals surface area contributed by atoms with Crippen LogP contribution < -0.4 is 15.6 Å². The van der Waals surface area contributed by atoms with Gasteiger partial charge in [-0.3, -0.25) is 9.59 Å². The van der Waals surface area contributed by atoms with Gasteiger partial charge in [0, 0.05) is 29.1 Å². The zero-order valence-corrected chi connectivity index (χ0v) is 23.0. The van der Waals surface area contributed by atoms with Gasteiger partial charge in [0.15, 0.2) is 5.75 Å². The van der Waals surface area contributed by atoms with Gasteiger partial charge in [0.05, 0.1) is 11.4 Å². The number of pyridine rings is 1. The summed E-state index contributed by atoms with van der Waals surface area (Å²) in [5, 5.41) is 4.40. The number of carbonyl (C=O) groups excluding carboxylic acids is 1. The number of carbonyl (C=O) groups is 1. The predicted molar refractivity (Wildman–Crippen MR) is 151 cm³/mol. The molecule has 7 heteroatoms. The van der Waals surface area contributed by atoms with Crippen molar-refractivity contribution in [3.05, 3.63) is 70.0 Å². The average Bonchev–Trinajstić information content (AvgIpc) is 2.88. The van der Waals surface area contributed by atoms with Crippen LogP contribution in [0.2, 0.25) is 0 Å². The fourth-order valence-corrected chi connectivity index (χ4v) is 5.08. The van der Waals surface area contributed by atoms with Gasteiger partial charge in [0.2, 0.25) is 5.56 Å². The summed E-state index contributed by atoms with van der Waals surface area (Å²) in [5.74, 6) is 1.07. The molecule has 2 aromatic carbocycles. The molecule has 0 saturated heterocycles. The normalized spacial score (nSPS) is 15.7. The van der Waals surface area contributed by atoms with Crippen LogP contribution in [-0.4, -0.2) is 23.0 Å². The maximum atomic E-state index is 13.3. The van der Waals surface area contributed by atoms with Crippen molar-refractivity contribution in [3.63, 3.8) is 0 Å². The van der Waals surface area contributed by atoms with Crippen LogP contribution in [0.4, 0.5) is 0 Å². The number of fused-ring (bicyclic) bond motifs is 1. The van der Waals surface area contributed by atoms with Gasteiger partial charge in [0.25, 0.3) is 0 Å². The Labute approximate surface area is 225 Å². The van der Waals surface area contributed by atoms with Crippen LogP contribution in [0.5, 0.6) is 11.5 Å². The van der Waals surface area contributed by atoms with Crippen molar-refractivity contribution in [2.45, 2.75) is 84.4 Å². The lowest BCUT2D eigenvalue weighted by Gasteiger charge is -2.32. The number of nitrogens with one attached hydrogen (secondary N) is 2. The Hall–Kier alpha value is -2.83. The highest BCUT2D eigenvalue weighted by Gasteiger charge is 2.32. The van der Waals surface area contributed by atoms with Crippen molar-refractivity contribution in [2.75, 3.05) is 0 Å². The molecule has 0 amide bonds. The van der Waals surface area contributed by atoms with Crippen molar-refractivity contribution in [1.82, 2.24) is 10.3 Å². The minimum absolute atomic E-state index is 0. The fraction of sp³-hybridized carbons (Fsp3) is 0.467. The summed E-state index contributed by atoms with van der Waals surface area (Å²) >= 11 is 0. The molecule has 0 radical (unpaired) electrons. The van der Waals surface area contributed by atoms with E-state index in [0.717, 1.165) is 48.6 Å². The summed E-state index contributed by atoms with van der Waals surface area (Å²) in [7, 11) is 0. The van der Waals surface area contributed by atoms with E-state index in [1.807, 2.05) is 43.3 Å². The molecule has 2 atom stereocenters. The summed E-state index contributed by atoms with van der Waals surface area (Å²) in [4.78, 5) is 28.6. The van der Waals surface area contributed by atoms with Crippen LogP contribution in [0.25, 0.3) is 10.9 Å². The molecule has 3 aromatic rings. The zero-order valence-electron chi connectivity index (χ0n) is 22.2. The second kappa shape index (κ2) is 13.1. The lowest BCUT2D eigenvalue weighted by Crippen LogP contribution is -2.41. The number of rotatable bonds is 9. The third-order valence-corrected chi connectivity index (χ3v) is 6.98. The SMILES string of the molecule is CCC(NC(C)C)C(OC(=O)C1CCCCC1)c1ccc(Oc2ccc(C)cc2)c2[nH]c(=O)ccc12.Cl. The van der Waals surface area contributed by atoms with E-state index in [1.165, 1.54) is 12.5 Å². The molecule has 1 fully saturated rings. The second-order valence-corrected chi connectivity index (χ2v) is 10.2. The topological polar surface area (TPSA) is 80.4 Å². The number of H-pyrrole nitrogens is 1. The van der Waals surface area contributed by atoms with Gasteiger partial charge in [0.1, 0.15) is 11.9 Å². The van der Waals surface area contributed by atoms with Gasteiger partial charge in [-0.25, -0.2) is 0 Å². The van der Waals surface area contributed by atoms with Crippen molar-refractivity contribution in [3.8, 4) is 11.5 Å². The number of aryl methyl sites for hydroxylation is 1. The molecule has 0 spiro atoms. The van der Waals surface area contributed by atoms with E-state index in [4.69, 9.17) is 9.47 Å². The zero-order chi connectivity index (χ0) is 25.7. The third-order valence-electron chi connectivity index (χ3n) is 6.98. The number of esters is 1. The van der Waals surface area contributed by atoms with Crippen LogP contribution in [0.1, 0.15) is 76.5 Å². The molecule has 1 heterocycles. The molecule has 1 aliphatic carbocycles. The molecule has 200 valence electrons. The quantitative estimate of drug-likeness (QED) is 0.294. The van der Waals surface area contributed by atoms with E-state index in [0.29, 0.717) is 17.0 Å². The maximum absolute atomic E-state index is 13.3. The van der Waals surface area contributed by atoms with E-state index in [2.05, 4.69) is 31.1 Å². The molecule has 2 unspecified atom stereocenters. The summed E-state index contributed by atoms with van der Waals surface area (Å²) in [5.41, 5.74) is 2.39. The summed E-state index contributed by atoms with van der Waals surface area (Å²) < 4.78 is 12.5. The highest BCUT2D eigenvalue weighted by Crippen LogP contribution is 2.37. The molecule has 6 nitrogen and oxygen atoms in total.